The molecule has 0 radical (unpaired) electrons. The van der Waals surface area contributed by atoms with E-state index in [-0.39, 0.29) is 5.91 Å². The summed E-state index contributed by atoms with van der Waals surface area (Å²) in [6, 6.07) is 0. The minimum absolute atomic E-state index is 0.153. The van der Waals surface area contributed by atoms with Crippen LogP contribution >= 0.6 is 0 Å². The smallest absolute Gasteiger partial charge is 0.234 e. The number of unbranched alkanes of at least 4 members (excludes halogenated alkanes) is 2. The summed E-state index contributed by atoms with van der Waals surface area (Å²) in [4.78, 5) is 16.4. The second kappa shape index (κ2) is 11.6. The van der Waals surface area contributed by atoms with E-state index in [4.69, 9.17) is 4.74 Å². The Morgan fingerprint density at radius 3 is 2.59 bits per heavy atom. The number of hydrogen-bond acceptors (Lipinski definition) is 4. The van der Waals surface area contributed by atoms with Gasteiger partial charge in [0.25, 0.3) is 0 Å². The molecule has 5 nitrogen and oxygen atoms in total. The molecule has 0 atom stereocenters. The van der Waals surface area contributed by atoms with E-state index in [0.717, 1.165) is 70.6 Å². The van der Waals surface area contributed by atoms with E-state index in [9.17, 15) is 4.79 Å². The first-order valence-electron chi connectivity index (χ1n) is 8.53. The molecule has 5 heteroatoms. The Balaban J connectivity index is 1.89. The zero-order valence-electron chi connectivity index (χ0n) is 14.4. The van der Waals surface area contributed by atoms with Crippen LogP contribution in [0.5, 0.6) is 0 Å². The third-order valence-electron chi connectivity index (χ3n) is 4.06. The van der Waals surface area contributed by atoms with Gasteiger partial charge in [0.2, 0.25) is 5.91 Å². The second-order valence-corrected chi connectivity index (χ2v) is 6.15. The molecule has 0 aliphatic carbocycles. The van der Waals surface area contributed by atoms with Gasteiger partial charge in [-0.1, -0.05) is 19.1 Å². The van der Waals surface area contributed by atoms with Crippen molar-refractivity contribution in [2.75, 3.05) is 59.5 Å². The number of piperazine rings is 1. The van der Waals surface area contributed by atoms with Crippen molar-refractivity contribution in [3.63, 3.8) is 0 Å². The molecular formula is C17H33N3O2. The van der Waals surface area contributed by atoms with Crippen LogP contribution in [0.3, 0.4) is 0 Å². The Hall–Kier alpha value is -0.910. The van der Waals surface area contributed by atoms with Gasteiger partial charge in [0.1, 0.15) is 0 Å². The molecule has 128 valence electrons. The Morgan fingerprint density at radius 2 is 1.91 bits per heavy atom. The average Bonchev–Trinajstić information content (AvgIpc) is 2.51. The summed E-state index contributed by atoms with van der Waals surface area (Å²) in [6.45, 7) is 12.9. The van der Waals surface area contributed by atoms with E-state index >= 15 is 0 Å². The van der Waals surface area contributed by atoms with Crippen molar-refractivity contribution in [2.45, 2.75) is 32.6 Å². The first-order chi connectivity index (χ1) is 10.6. The molecule has 0 saturated carbocycles. The monoisotopic (exact) mass is 311 g/mol. The SMILES string of the molecule is C=C(CC)COCCCCCNC(=O)CN1CCN(C)CC1. The zero-order chi connectivity index (χ0) is 16.2. The zero-order valence-corrected chi connectivity index (χ0v) is 14.4. The molecule has 1 N–H and O–H groups in total. The Labute approximate surface area is 135 Å². The van der Waals surface area contributed by atoms with Crippen molar-refractivity contribution in [1.82, 2.24) is 15.1 Å². The van der Waals surface area contributed by atoms with E-state index < -0.39 is 0 Å². The number of amides is 1. The maximum atomic E-state index is 11.8. The lowest BCUT2D eigenvalue weighted by molar-refractivity contribution is -0.122. The molecule has 22 heavy (non-hydrogen) atoms. The highest BCUT2D eigenvalue weighted by atomic mass is 16.5. The van der Waals surface area contributed by atoms with Crippen LogP contribution in [0.1, 0.15) is 32.6 Å². The summed E-state index contributed by atoms with van der Waals surface area (Å²) in [7, 11) is 2.12. The number of carbonyl (C=O) groups excluding carboxylic acids is 1. The number of hydrogen-bond donors (Lipinski definition) is 1. The Morgan fingerprint density at radius 1 is 1.18 bits per heavy atom. The molecule has 0 aromatic rings. The van der Waals surface area contributed by atoms with E-state index in [1.54, 1.807) is 0 Å². The van der Waals surface area contributed by atoms with Crippen molar-refractivity contribution in [1.29, 1.82) is 0 Å². The molecule has 0 unspecified atom stereocenters. The van der Waals surface area contributed by atoms with Gasteiger partial charge in [-0.3, -0.25) is 9.69 Å². The first kappa shape index (κ1) is 19.1. The molecule has 1 amide bonds. The number of likely N-dealkylation sites (N-methyl/N-ethyl adjacent to an activating group) is 1. The highest BCUT2D eigenvalue weighted by molar-refractivity contribution is 5.77. The van der Waals surface area contributed by atoms with Crippen molar-refractivity contribution >= 4 is 5.91 Å². The van der Waals surface area contributed by atoms with Crippen molar-refractivity contribution in [2.24, 2.45) is 0 Å². The standard InChI is InChI=1S/C17H33N3O2/c1-4-16(2)15-22-13-7-5-6-8-18-17(21)14-20-11-9-19(3)10-12-20/h2,4-15H2,1,3H3,(H,18,21). The van der Waals surface area contributed by atoms with E-state index in [1.165, 1.54) is 0 Å². The number of nitrogens with one attached hydrogen (secondary N) is 1. The lowest BCUT2D eigenvalue weighted by Gasteiger charge is -2.31. The quantitative estimate of drug-likeness (QED) is 0.464. The molecule has 0 aromatic heterocycles. The summed E-state index contributed by atoms with van der Waals surface area (Å²) in [6.07, 6.45) is 4.14. The summed E-state index contributed by atoms with van der Waals surface area (Å²) in [5, 5.41) is 3.01. The van der Waals surface area contributed by atoms with Gasteiger partial charge < -0.3 is 15.0 Å². The van der Waals surface area contributed by atoms with Crippen LogP contribution in [0.15, 0.2) is 12.2 Å². The summed E-state index contributed by atoms with van der Waals surface area (Å²) < 4.78 is 5.53. The molecule has 1 aliphatic heterocycles. The van der Waals surface area contributed by atoms with Crippen LogP contribution in [-0.2, 0) is 9.53 Å². The molecular weight excluding hydrogens is 278 g/mol. The Bertz CT molecular complexity index is 326. The van der Waals surface area contributed by atoms with Gasteiger partial charge in [0.15, 0.2) is 0 Å². The lowest BCUT2D eigenvalue weighted by atomic mass is 10.2. The summed E-state index contributed by atoms with van der Waals surface area (Å²) >= 11 is 0. The predicted molar refractivity (Wildman–Crippen MR) is 91.0 cm³/mol. The maximum Gasteiger partial charge on any atom is 0.234 e. The van der Waals surface area contributed by atoms with Crippen molar-refractivity contribution < 1.29 is 9.53 Å². The van der Waals surface area contributed by atoms with Crippen LogP contribution in [0.4, 0.5) is 0 Å². The average molecular weight is 311 g/mol. The maximum absolute atomic E-state index is 11.8. The second-order valence-electron chi connectivity index (χ2n) is 6.15. The van der Waals surface area contributed by atoms with E-state index in [0.29, 0.717) is 13.2 Å². The molecule has 0 spiro atoms. The molecule has 1 fully saturated rings. The van der Waals surface area contributed by atoms with Crippen LogP contribution in [0, 0.1) is 0 Å². The van der Waals surface area contributed by atoms with Gasteiger partial charge in [-0.2, -0.15) is 0 Å². The van der Waals surface area contributed by atoms with Crippen molar-refractivity contribution in [3.8, 4) is 0 Å². The minimum Gasteiger partial charge on any atom is -0.377 e. The van der Waals surface area contributed by atoms with E-state index in [1.807, 2.05) is 0 Å². The van der Waals surface area contributed by atoms with Gasteiger partial charge in [-0.25, -0.2) is 0 Å². The number of rotatable bonds is 11. The first-order valence-corrected chi connectivity index (χ1v) is 8.53. The number of nitrogens with zero attached hydrogens (tertiary/aromatic N) is 2. The Kier molecular flexibility index (Phi) is 10.1. The van der Waals surface area contributed by atoms with Gasteiger partial charge in [-0.15, -0.1) is 0 Å². The highest BCUT2D eigenvalue weighted by Gasteiger charge is 2.15. The number of carbonyl (C=O) groups is 1. The molecule has 1 saturated heterocycles. The van der Waals surface area contributed by atoms with Gasteiger partial charge in [0.05, 0.1) is 13.2 Å². The van der Waals surface area contributed by atoms with Crippen LogP contribution < -0.4 is 5.32 Å². The normalized spacial score (nSPS) is 16.6. The molecule has 0 bridgehead atoms. The van der Waals surface area contributed by atoms with Crippen molar-refractivity contribution in [3.05, 3.63) is 12.2 Å². The lowest BCUT2D eigenvalue weighted by Crippen LogP contribution is -2.48. The fourth-order valence-electron chi connectivity index (χ4n) is 2.32. The molecule has 1 aliphatic rings. The third-order valence-corrected chi connectivity index (χ3v) is 4.06. The van der Waals surface area contributed by atoms with Crippen LogP contribution in [-0.4, -0.2) is 75.2 Å². The molecule has 1 rings (SSSR count). The molecule has 1 heterocycles. The van der Waals surface area contributed by atoms with Gasteiger partial charge >= 0.3 is 0 Å². The van der Waals surface area contributed by atoms with Crippen LogP contribution in [0.2, 0.25) is 0 Å². The largest absolute Gasteiger partial charge is 0.377 e. The van der Waals surface area contributed by atoms with Gasteiger partial charge in [-0.05, 0) is 32.7 Å². The highest BCUT2D eigenvalue weighted by Crippen LogP contribution is 2.00. The fourth-order valence-corrected chi connectivity index (χ4v) is 2.32. The van der Waals surface area contributed by atoms with E-state index in [2.05, 4.69) is 35.7 Å². The molecule has 0 aromatic carbocycles. The fraction of sp³-hybridized carbons (Fsp3) is 0.824. The summed E-state index contributed by atoms with van der Waals surface area (Å²) in [5.41, 5.74) is 1.15. The number of ether oxygens (including phenoxy) is 1. The topological polar surface area (TPSA) is 44.8 Å². The van der Waals surface area contributed by atoms with Crippen LogP contribution in [0.25, 0.3) is 0 Å². The predicted octanol–water partition coefficient (Wildman–Crippen LogP) is 1.50. The minimum atomic E-state index is 0.153. The third kappa shape index (κ3) is 9.18. The summed E-state index contributed by atoms with van der Waals surface area (Å²) in [5.74, 6) is 0.153. The van der Waals surface area contributed by atoms with Gasteiger partial charge in [0, 0.05) is 39.3 Å².